The molecule has 1 fully saturated rings. The molecule has 0 spiro atoms. The molecule has 0 unspecified atom stereocenters. The van der Waals surface area contributed by atoms with Crippen molar-refractivity contribution < 1.29 is 14.2 Å². The third-order valence-electron chi connectivity index (χ3n) is 6.56. The molecule has 0 amide bonds. The maximum atomic E-state index is 6.13. The summed E-state index contributed by atoms with van der Waals surface area (Å²) in [4.78, 5) is 0. The molecule has 1 aliphatic heterocycles. The smallest absolute Gasteiger partial charge is 0.123 e. The summed E-state index contributed by atoms with van der Waals surface area (Å²) in [5.74, 6) is 2.45. The van der Waals surface area contributed by atoms with Gasteiger partial charge < -0.3 is 14.2 Å². The molecular weight excluding hydrogens is 424 g/mol. The molecule has 2 heterocycles. The first-order valence-electron chi connectivity index (χ1n) is 12.9. The highest BCUT2D eigenvalue weighted by Crippen LogP contribution is 2.39. The lowest BCUT2D eigenvalue weighted by Crippen LogP contribution is -2.15. The van der Waals surface area contributed by atoms with E-state index >= 15 is 0 Å². The minimum atomic E-state index is 0.462. The second-order valence-corrected chi connectivity index (χ2v) is 8.86. The van der Waals surface area contributed by atoms with Gasteiger partial charge in [0.1, 0.15) is 11.5 Å². The number of para-hydroxylation sites is 1. The van der Waals surface area contributed by atoms with Crippen LogP contribution in [0.3, 0.4) is 0 Å². The normalized spacial score (nSPS) is 14.3. The first-order chi connectivity index (χ1) is 16.7. The zero-order chi connectivity index (χ0) is 23.8. The SMILES string of the molecule is CCCc1c(CCc2cc(OCC)c(C3CCOCC3)cc2OCC)cnn1-c1ccccc1. The maximum Gasteiger partial charge on any atom is 0.123 e. The van der Waals surface area contributed by atoms with E-state index in [1.54, 1.807) is 0 Å². The molecule has 0 bridgehead atoms. The summed E-state index contributed by atoms with van der Waals surface area (Å²) in [6, 6.07) is 14.9. The van der Waals surface area contributed by atoms with Crippen molar-refractivity contribution in [3.63, 3.8) is 0 Å². The first-order valence-corrected chi connectivity index (χ1v) is 12.9. The Balaban J connectivity index is 1.62. The van der Waals surface area contributed by atoms with E-state index in [1.807, 2.05) is 12.3 Å². The molecular formula is C29H38N2O3. The van der Waals surface area contributed by atoms with E-state index < -0.39 is 0 Å². The minimum absolute atomic E-state index is 0.462. The van der Waals surface area contributed by atoms with E-state index in [1.165, 1.54) is 22.4 Å². The molecule has 0 atom stereocenters. The number of hydrogen-bond donors (Lipinski definition) is 0. The van der Waals surface area contributed by atoms with Crippen LogP contribution in [0.15, 0.2) is 48.7 Å². The number of benzene rings is 2. The summed E-state index contributed by atoms with van der Waals surface area (Å²) < 4.78 is 20.0. The average Bonchev–Trinajstić information content (AvgIpc) is 3.28. The molecule has 0 radical (unpaired) electrons. The number of aromatic nitrogens is 2. The predicted molar refractivity (Wildman–Crippen MR) is 137 cm³/mol. The van der Waals surface area contributed by atoms with Crippen LogP contribution in [0.25, 0.3) is 5.69 Å². The second-order valence-electron chi connectivity index (χ2n) is 8.86. The van der Waals surface area contributed by atoms with Crippen molar-refractivity contribution in [2.45, 2.75) is 65.2 Å². The van der Waals surface area contributed by atoms with Crippen molar-refractivity contribution in [2.24, 2.45) is 0 Å². The third-order valence-corrected chi connectivity index (χ3v) is 6.56. The number of nitrogens with zero attached hydrogens (tertiary/aromatic N) is 2. The molecule has 0 N–H and O–H groups in total. The van der Waals surface area contributed by atoms with Crippen LogP contribution in [0.5, 0.6) is 11.5 Å². The van der Waals surface area contributed by atoms with E-state index in [0.29, 0.717) is 19.1 Å². The van der Waals surface area contributed by atoms with Crippen LogP contribution in [0.1, 0.15) is 68.3 Å². The van der Waals surface area contributed by atoms with Crippen LogP contribution in [-0.2, 0) is 24.0 Å². The van der Waals surface area contributed by atoms with E-state index in [-0.39, 0.29) is 0 Å². The Labute approximate surface area is 204 Å². The second kappa shape index (κ2) is 12.1. The molecule has 1 aromatic heterocycles. The van der Waals surface area contributed by atoms with E-state index in [4.69, 9.17) is 19.3 Å². The Kier molecular flexibility index (Phi) is 8.64. The van der Waals surface area contributed by atoms with Crippen molar-refractivity contribution in [2.75, 3.05) is 26.4 Å². The number of rotatable bonds is 11. The summed E-state index contributed by atoms with van der Waals surface area (Å²) in [7, 11) is 0. The number of aryl methyl sites for hydroxylation is 2. The van der Waals surface area contributed by atoms with Gasteiger partial charge in [0, 0.05) is 24.5 Å². The zero-order valence-electron chi connectivity index (χ0n) is 20.9. The summed E-state index contributed by atoms with van der Waals surface area (Å²) in [6.07, 6.45) is 8.01. The monoisotopic (exact) mass is 462 g/mol. The van der Waals surface area contributed by atoms with Gasteiger partial charge in [-0.2, -0.15) is 5.10 Å². The zero-order valence-corrected chi connectivity index (χ0v) is 20.9. The Morgan fingerprint density at radius 3 is 2.29 bits per heavy atom. The molecule has 4 rings (SSSR count). The van der Waals surface area contributed by atoms with E-state index in [9.17, 15) is 0 Å². The topological polar surface area (TPSA) is 45.5 Å². The number of ether oxygens (including phenoxy) is 3. The molecule has 1 aliphatic rings. The van der Waals surface area contributed by atoms with Gasteiger partial charge in [0.05, 0.1) is 25.1 Å². The van der Waals surface area contributed by atoms with Crippen LogP contribution in [0, 0.1) is 0 Å². The lowest BCUT2D eigenvalue weighted by Gasteiger charge is -2.26. The fourth-order valence-electron chi connectivity index (χ4n) is 4.89. The highest BCUT2D eigenvalue weighted by molar-refractivity contribution is 5.49. The van der Waals surface area contributed by atoms with Gasteiger partial charge in [0.2, 0.25) is 0 Å². The summed E-state index contributed by atoms with van der Waals surface area (Å²) in [6.45, 7) is 9.27. The lowest BCUT2D eigenvalue weighted by molar-refractivity contribution is 0.0846. The molecule has 0 aliphatic carbocycles. The van der Waals surface area contributed by atoms with Crippen molar-refractivity contribution in [1.29, 1.82) is 0 Å². The summed E-state index contributed by atoms with van der Waals surface area (Å²) >= 11 is 0. The summed E-state index contributed by atoms with van der Waals surface area (Å²) in [5, 5.41) is 4.75. The predicted octanol–water partition coefficient (Wildman–Crippen LogP) is 6.30. The van der Waals surface area contributed by atoms with Gasteiger partial charge in [-0.25, -0.2) is 4.68 Å². The maximum absolute atomic E-state index is 6.13. The van der Waals surface area contributed by atoms with Gasteiger partial charge in [0.15, 0.2) is 0 Å². The Morgan fingerprint density at radius 1 is 0.882 bits per heavy atom. The molecule has 3 aromatic rings. The van der Waals surface area contributed by atoms with Crippen LogP contribution in [-0.4, -0.2) is 36.2 Å². The van der Waals surface area contributed by atoms with Gasteiger partial charge >= 0.3 is 0 Å². The van der Waals surface area contributed by atoms with Crippen LogP contribution >= 0.6 is 0 Å². The largest absolute Gasteiger partial charge is 0.494 e. The number of hydrogen-bond acceptors (Lipinski definition) is 4. The van der Waals surface area contributed by atoms with Crippen molar-refractivity contribution in [1.82, 2.24) is 9.78 Å². The first kappa shape index (κ1) is 24.3. The van der Waals surface area contributed by atoms with Crippen molar-refractivity contribution in [3.8, 4) is 17.2 Å². The van der Waals surface area contributed by atoms with Gasteiger partial charge in [0.25, 0.3) is 0 Å². The lowest BCUT2D eigenvalue weighted by atomic mass is 9.89. The molecule has 1 saturated heterocycles. The Morgan fingerprint density at radius 2 is 1.59 bits per heavy atom. The van der Waals surface area contributed by atoms with Crippen LogP contribution in [0.2, 0.25) is 0 Å². The molecule has 34 heavy (non-hydrogen) atoms. The fraction of sp³-hybridized carbons (Fsp3) is 0.483. The molecule has 5 nitrogen and oxygen atoms in total. The Bertz CT molecular complexity index is 1040. The fourth-order valence-corrected chi connectivity index (χ4v) is 4.89. The van der Waals surface area contributed by atoms with Crippen molar-refractivity contribution in [3.05, 3.63) is 71.0 Å². The van der Waals surface area contributed by atoms with E-state index in [0.717, 1.165) is 68.9 Å². The quantitative estimate of drug-likeness (QED) is 0.335. The van der Waals surface area contributed by atoms with Gasteiger partial charge in [-0.15, -0.1) is 0 Å². The van der Waals surface area contributed by atoms with Gasteiger partial charge in [-0.3, -0.25) is 0 Å². The molecule has 2 aromatic carbocycles. The summed E-state index contributed by atoms with van der Waals surface area (Å²) in [5.41, 5.74) is 6.19. The third kappa shape index (κ3) is 5.64. The standard InChI is InChI=1S/C29H38N2O3/c1-4-10-27-24(21-30-31(27)25-11-8-7-9-12-25)14-13-23-19-29(34-6-3)26(20-28(23)33-5-2)22-15-17-32-18-16-22/h7-9,11-12,19-22H,4-6,10,13-18H2,1-3H3. The highest BCUT2D eigenvalue weighted by Gasteiger charge is 2.23. The highest BCUT2D eigenvalue weighted by atomic mass is 16.5. The minimum Gasteiger partial charge on any atom is -0.494 e. The van der Waals surface area contributed by atoms with Gasteiger partial charge in [-0.1, -0.05) is 31.5 Å². The average molecular weight is 463 g/mol. The van der Waals surface area contributed by atoms with Crippen LogP contribution in [0.4, 0.5) is 0 Å². The molecule has 5 heteroatoms. The van der Waals surface area contributed by atoms with Crippen LogP contribution < -0.4 is 9.47 Å². The van der Waals surface area contributed by atoms with Crippen molar-refractivity contribution >= 4 is 0 Å². The molecule has 182 valence electrons. The van der Waals surface area contributed by atoms with E-state index in [2.05, 4.69) is 61.9 Å². The molecule has 0 saturated carbocycles. The van der Waals surface area contributed by atoms with Gasteiger partial charge in [-0.05, 0) is 87.3 Å². The Hall–Kier alpha value is -2.79.